The number of piperidine rings is 3. The smallest absolute Gasteiger partial charge is 0.253 e. The van der Waals surface area contributed by atoms with Gasteiger partial charge in [-0.1, -0.05) is 6.07 Å². The Labute approximate surface area is 148 Å². The second-order valence-corrected chi connectivity index (χ2v) is 7.48. The third-order valence-electron chi connectivity index (χ3n) is 5.29. The first-order valence-corrected chi connectivity index (χ1v) is 9.53. The maximum Gasteiger partial charge on any atom is 0.253 e. The number of rotatable bonds is 3. The number of carbonyl (C=O) groups is 1. The predicted molar refractivity (Wildman–Crippen MR) is 95.5 cm³/mol. The average molecular weight is 354 g/mol. The fourth-order valence-corrected chi connectivity index (χ4v) is 4.46. The quantitative estimate of drug-likeness (QED) is 0.783. The summed E-state index contributed by atoms with van der Waals surface area (Å²) in [5.74, 6) is 0.984. The van der Waals surface area contributed by atoms with Crippen molar-refractivity contribution in [2.75, 3.05) is 19.6 Å². The highest BCUT2D eigenvalue weighted by molar-refractivity contribution is 7.07. The van der Waals surface area contributed by atoms with Gasteiger partial charge in [-0.2, -0.15) is 0 Å². The van der Waals surface area contributed by atoms with E-state index < -0.39 is 0 Å². The van der Waals surface area contributed by atoms with E-state index in [9.17, 15) is 4.79 Å². The Morgan fingerprint density at radius 3 is 2.92 bits per heavy atom. The molecule has 0 saturated carbocycles. The van der Waals surface area contributed by atoms with E-state index in [4.69, 9.17) is 4.42 Å². The minimum Gasteiger partial charge on any atom is -0.435 e. The van der Waals surface area contributed by atoms with Crippen LogP contribution in [0.4, 0.5) is 0 Å². The highest BCUT2D eigenvalue weighted by Crippen LogP contribution is 2.29. The van der Waals surface area contributed by atoms with E-state index in [1.165, 1.54) is 24.2 Å². The van der Waals surface area contributed by atoms with Gasteiger partial charge in [-0.05, 0) is 44.0 Å². The Morgan fingerprint density at radius 1 is 1.32 bits per heavy atom. The molecule has 3 saturated heterocycles. The number of carbonyl (C=O) groups excluding carboxylic acids is 1. The lowest BCUT2D eigenvalue weighted by molar-refractivity contribution is 0.0621. The average Bonchev–Trinajstić information content (AvgIpc) is 3.31. The molecule has 0 spiro atoms. The zero-order valence-electron chi connectivity index (χ0n) is 13.6. The Balaban J connectivity index is 1.45. The molecule has 2 bridgehead atoms. The molecule has 6 nitrogen and oxygen atoms in total. The summed E-state index contributed by atoms with van der Waals surface area (Å²) in [7, 11) is 0. The minimum absolute atomic E-state index is 0.0672. The minimum atomic E-state index is -0.0672. The van der Waals surface area contributed by atoms with E-state index in [0.717, 1.165) is 19.6 Å². The van der Waals surface area contributed by atoms with E-state index in [2.05, 4.69) is 20.2 Å². The van der Waals surface area contributed by atoms with E-state index >= 15 is 0 Å². The number of hydrogen-bond acceptors (Lipinski definition) is 6. The maximum atomic E-state index is 12.9. The molecule has 128 valence electrons. The highest BCUT2D eigenvalue weighted by atomic mass is 32.1. The van der Waals surface area contributed by atoms with Gasteiger partial charge in [0, 0.05) is 18.0 Å². The summed E-state index contributed by atoms with van der Waals surface area (Å²) in [5, 5.41) is 5.11. The van der Waals surface area contributed by atoms with E-state index in [0.29, 0.717) is 34.2 Å². The van der Waals surface area contributed by atoms with Crippen molar-refractivity contribution < 1.29 is 9.21 Å². The molecule has 3 aromatic rings. The van der Waals surface area contributed by atoms with Gasteiger partial charge in [0.05, 0.1) is 11.1 Å². The Hall–Kier alpha value is -2.25. The van der Waals surface area contributed by atoms with E-state index in [1.807, 2.05) is 23.6 Å². The zero-order valence-corrected chi connectivity index (χ0v) is 14.5. The van der Waals surface area contributed by atoms with Crippen LogP contribution in [0.3, 0.4) is 0 Å². The summed E-state index contributed by atoms with van der Waals surface area (Å²) in [6.07, 6.45) is 2.35. The number of oxazole rings is 1. The number of fused-ring (bicyclic) bond motifs is 4. The van der Waals surface area contributed by atoms with Crippen LogP contribution in [0.2, 0.25) is 0 Å². The standard InChI is InChI=1S/C18H18N4O2S/c23-17(20-13-8-22-6-4-11(13)5-7-22)12-2-1-3-15-16(12)21-18(24-15)14-9-25-10-19-14/h1-3,9-11,13H,4-8H2,(H,20,23)/t13-/m1/s1. The van der Waals surface area contributed by atoms with Gasteiger partial charge in [-0.3, -0.25) is 4.79 Å². The number of aromatic nitrogens is 2. The summed E-state index contributed by atoms with van der Waals surface area (Å²) >= 11 is 1.49. The molecule has 2 aromatic heterocycles. The predicted octanol–water partition coefficient (Wildman–Crippen LogP) is 2.78. The van der Waals surface area contributed by atoms with Crippen molar-refractivity contribution in [2.24, 2.45) is 5.92 Å². The van der Waals surface area contributed by atoms with Crippen LogP contribution in [0, 0.1) is 5.92 Å². The number of thiazole rings is 1. The van der Waals surface area contributed by atoms with Gasteiger partial charge in [0.15, 0.2) is 5.58 Å². The number of nitrogens with one attached hydrogen (secondary N) is 1. The zero-order chi connectivity index (χ0) is 16.8. The number of hydrogen-bond donors (Lipinski definition) is 1. The van der Waals surface area contributed by atoms with Crippen molar-refractivity contribution in [2.45, 2.75) is 18.9 Å². The first-order chi connectivity index (χ1) is 12.3. The SMILES string of the molecule is O=C(N[C@@H]1CN2CCC1CC2)c1cccc2oc(-c3cscn3)nc12. The lowest BCUT2D eigenvalue weighted by Crippen LogP contribution is -2.57. The second-order valence-electron chi connectivity index (χ2n) is 6.76. The number of amides is 1. The molecule has 0 aliphatic carbocycles. The highest BCUT2D eigenvalue weighted by Gasteiger charge is 2.35. The van der Waals surface area contributed by atoms with Crippen LogP contribution in [0.1, 0.15) is 23.2 Å². The van der Waals surface area contributed by atoms with Crippen LogP contribution < -0.4 is 5.32 Å². The van der Waals surface area contributed by atoms with Crippen molar-refractivity contribution in [3.05, 3.63) is 34.7 Å². The summed E-state index contributed by atoms with van der Waals surface area (Å²) in [6.45, 7) is 3.27. The molecule has 7 heteroatoms. The molecule has 1 atom stereocenters. The molecule has 3 fully saturated rings. The van der Waals surface area contributed by atoms with Gasteiger partial charge >= 0.3 is 0 Å². The summed E-state index contributed by atoms with van der Waals surface area (Å²) in [6, 6.07) is 5.72. The van der Waals surface area contributed by atoms with Gasteiger partial charge in [-0.25, -0.2) is 9.97 Å². The van der Waals surface area contributed by atoms with E-state index in [1.54, 1.807) is 5.51 Å². The van der Waals surface area contributed by atoms with Gasteiger partial charge in [0.1, 0.15) is 11.2 Å². The van der Waals surface area contributed by atoms with Crippen LogP contribution in [-0.2, 0) is 0 Å². The molecular formula is C18H18N4O2S. The summed E-state index contributed by atoms with van der Waals surface area (Å²) < 4.78 is 5.79. The normalized spacial score (nSPS) is 25.4. The molecule has 1 N–H and O–H groups in total. The molecule has 0 unspecified atom stereocenters. The number of para-hydroxylation sites is 1. The molecule has 0 radical (unpaired) electrons. The van der Waals surface area contributed by atoms with Crippen LogP contribution in [0.25, 0.3) is 22.7 Å². The third kappa shape index (κ3) is 2.63. The Morgan fingerprint density at radius 2 is 2.20 bits per heavy atom. The lowest BCUT2D eigenvalue weighted by Gasteiger charge is -2.44. The monoisotopic (exact) mass is 354 g/mol. The van der Waals surface area contributed by atoms with Crippen LogP contribution >= 0.6 is 11.3 Å². The fourth-order valence-electron chi connectivity index (χ4n) is 3.93. The number of benzene rings is 1. The first kappa shape index (κ1) is 15.0. The van der Waals surface area contributed by atoms with E-state index in [-0.39, 0.29) is 11.9 Å². The number of nitrogens with zero attached hydrogens (tertiary/aromatic N) is 3. The Bertz CT molecular complexity index is 912. The van der Waals surface area contributed by atoms with Crippen molar-refractivity contribution in [3.8, 4) is 11.6 Å². The van der Waals surface area contributed by atoms with Crippen molar-refractivity contribution in [1.29, 1.82) is 0 Å². The van der Waals surface area contributed by atoms with Gasteiger partial charge < -0.3 is 14.6 Å². The lowest BCUT2D eigenvalue weighted by atomic mass is 9.84. The fraction of sp³-hybridized carbons (Fsp3) is 0.389. The second kappa shape index (κ2) is 5.93. The molecule has 6 rings (SSSR count). The van der Waals surface area contributed by atoms with Crippen LogP contribution in [0.5, 0.6) is 0 Å². The van der Waals surface area contributed by atoms with Crippen molar-refractivity contribution in [3.63, 3.8) is 0 Å². The maximum absolute atomic E-state index is 12.9. The van der Waals surface area contributed by atoms with Crippen molar-refractivity contribution >= 4 is 28.3 Å². The summed E-state index contributed by atoms with van der Waals surface area (Å²) in [4.78, 5) is 24.1. The first-order valence-electron chi connectivity index (χ1n) is 8.59. The molecular weight excluding hydrogens is 336 g/mol. The van der Waals surface area contributed by atoms with Gasteiger partial charge in [0.25, 0.3) is 5.91 Å². The van der Waals surface area contributed by atoms with Gasteiger partial charge in [-0.15, -0.1) is 11.3 Å². The third-order valence-corrected chi connectivity index (χ3v) is 5.87. The molecule has 1 amide bonds. The largest absolute Gasteiger partial charge is 0.435 e. The van der Waals surface area contributed by atoms with Crippen LogP contribution in [0.15, 0.2) is 33.5 Å². The van der Waals surface area contributed by atoms with Crippen molar-refractivity contribution in [1.82, 2.24) is 20.2 Å². The van der Waals surface area contributed by atoms with Crippen LogP contribution in [-0.4, -0.2) is 46.5 Å². The van der Waals surface area contributed by atoms with Gasteiger partial charge in [0.2, 0.25) is 5.89 Å². The molecule has 3 aliphatic heterocycles. The molecule has 3 aliphatic rings. The topological polar surface area (TPSA) is 71.3 Å². The summed E-state index contributed by atoms with van der Waals surface area (Å²) in [5.41, 5.74) is 4.23. The molecule has 1 aromatic carbocycles. The molecule has 5 heterocycles. The molecule has 25 heavy (non-hydrogen) atoms. The Kier molecular flexibility index (Phi) is 3.57.